The first-order valence-corrected chi connectivity index (χ1v) is 4.88. The summed E-state index contributed by atoms with van der Waals surface area (Å²) >= 11 is 0. The molecule has 1 fully saturated rings. The molecule has 1 aliphatic heterocycles. The zero-order valence-corrected chi connectivity index (χ0v) is 8.79. The van der Waals surface area contributed by atoms with E-state index in [0.29, 0.717) is 5.92 Å². The molecule has 3 heteroatoms. The highest BCUT2D eigenvalue weighted by Crippen LogP contribution is 2.29. The second kappa shape index (κ2) is 4.38. The molecule has 0 saturated carbocycles. The van der Waals surface area contributed by atoms with Crippen LogP contribution in [0.1, 0.15) is 27.2 Å². The smallest absolute Gasteiger partial charge is 0.154 e. The number of halogens is 1. The summed E-state index contributed by atoms with van der Waals surface area (Å²) in [5.74, 6) is 0.514. The Bertz CT molecular complexity index is 159. The molecule has 0 aromatic heterocycles. The molecule has 1 heterocycles. The maximum atomic E-state index is 13.4. The van der Waals surface area contributed by atoms with Gasteiger partial charge < -0.3 is 9.47 Å². The molecular formula is C10H19FO2. The van der Waals surface area contributed by atoms with Crippen LogP contribution in [0.2, 0.25) is 0 Å². The molecule has 13 heavy (non-hydrogen) atoms. The van der Waals surface area contributed by atoms with E-state index in [2.05, 4.69) is 13.8 Å². The SMILES string of the molecule is CO[C@H]1[C@H](F)[C@H](C)O[C@@H]1CC(C)C. The summed E-state index contributed by atoms with van der Waals surface area (Å²) < 4.78 is 24.0. The fourth-order valence-corrected chi connectivity index (χ4v) is 1.84. The number of hydrogen-bond donors (Lipinski definition) is 0. The number of ether oxygens (including phenoxy) is 2. The van der Waals surface area contributed by atoms with Gasteiger partial charge in [0.05, 0.1) is 12.2 Å². The van der Waals surface area contributed by atoms with Crippen molar-refractivity contribution in [2.24, 2.45) is 5.92 Å². The molecule has 1 rings (SSSR count). The number of methoxy groups -OCH3 is 1. The van der Waals surface area contributed by atoms with E-state index < -0.39 is 6.17 Å². The van der Waals surface area contributed by atoms with E-state index in [4.69, 9.17) is 9.47 Å². The molecule has 0 radical (unpaired) electrons. The number of rotatable bonds is 3. The van der Waals surface area contributed by atoms with E-state index in [1.54, 1.807) is 14.0 Å². The van der Waals surface area contributed by atoms with Gasteiger partial charge in [0.25, 0.3) is 0 Å². The third kappa shape index (κ3) is 2.41. The minimum Gasteiger partial charge on any atom is -0.376 e. The van der Waals surface area contributed by atoms with Crippen LogP contribution in [0.25, 0.3) is 0 Å². The molecule has 78 valence electrons. The van der Waals surface area contributed by atoms with Gasteiger partial charge >= 0.3 is 0 Å². The molecule has 0 N–H and O–H groups in total. The topological polar surface area (TPSA) is 18.5 Å². The average Bonchev–Trinajstić information content (AvgIpc) is 2.27. The molecule has 1 aliphatic rings. The molecule has 0 spiro atoms. The second-order valence-electron chi connectivity index (χ2n) is 4.15. The molecule has 0 aliphatic carbocycles. The molecule has 4 atom stereocenters. The third-order valence-electron chi connectivity index (χ3n) is 2.49. The van der Waals surface area contributed by atoms with Crippen LogP contribution in [0.3, 0.4) is 0 Å². The van der Waals surface area contributed by atoms with Crippen molar-refractivity contribution in [3.05, 3.63) is 0 Å². The van der Waals surface area contributed by atoms with Crippen molar-refractivity contribution in [2.45, 2.75) is 51.7 Å². The van der Waals surface area contributed by atoms with Crippen LogP contribution in [0, 0.1) is 5.92 Å². The lowest BCUT2D eigenvalue weighted by Gasteiger charge is -2.19. The maximum Gasteiger partial charge on any atom is 0.154 e. The van der Waals surface area contributed by atoms with Crippen LogP contribution in [0.4, 0.5) is 4.39 Å². The lowest BCUT2D eigenvalue weighted by Crippen LogP contribution is -2.31. The summed E-state index contributed by atoms with van der Waals surface area (Å²) in [4.78, 5) is 0. The van der Waals surface area contributed by atoms with Gasteiger partial charge in [-0.15, -0.1) is 0 Å². The Morgan fingerprint density at radius 1 is 1.46 bits per heavy atom. The first-order chi connectivity index (χ1) is 6.06. The van der Waals surface area contributed by atoms with Gasteiger partial charge in [0, 0.05) is 7.11 Å². The summed E-state index contributed by atoms with van der Waals surface area (Å²) in [6.07, 6.45) is -0.890. The third-order valence-corrected chi connectivity index (χ3v) is 2.49. The molecule has 0 aromatic rings. The fourth-order valence-electron chi connectivity index (χ4n) is 1.84. The Balaban J connectivity index is 2.54. The van der Waals surface area contributed by atoms with E-state index in [-0.39, 0.29) is 18.3 Å². The second-order valence-corrected chi connectivity index (χ2v) is 4.15. The van der Waals surface area contributed by atoms with Crippen LogP contribution >= 0.6 is 0 Å². The van der Waals surface area contributed by atoms with Crippen LogP contribution in [0.5, 0.6) is 0 Å². The van der Waals surface area contributed by atoms with Crippen molar-refractivity contribution in [3.8, 4) is 0 Å². The van der Waals surface area contributed by atoms with Gasteiger partial charge in [0.1, 0.15) is 6.10 Å². The zero-order valence-electron chi connectivity index (χ0n) is 8.79. The quantitative estimate of drug-likeness (QED) is 0.679. The van der Waals surface area contributed by atoms with Crippen LogP contribution in [0.15, 0.2) is 0 Å². The molecule has 0 unspecified atom stereocenters. The van der Waals surface area contributed by atoms with Crippen molar-refractivity contribution in [1.82, 2.24) is 0 Å². The van der Waals surface area contributed by atoms with E-state index in [1.807, 2.05) is 0 Å². The fraction of sp³-hybridized carbons (Fsp3) is 1.00. The lowest BCUT2D eigenvalue weighted by molar-refractivity contribution is -0.0133. The monoisotopic (exact) mass is 190 g/mol. The van der Waals surface area contributed by atoms with E-state index >= 15 is 0 Å². The zero-order chi connectivity index (χ0) is 10.0. The van der Waals surface area contributed by atoms with Crippen molar-refractivity contribution in [3.63, 3.8) is 0 Å². The van der Waals surface area contributed by atoms with E-state index in [1.165, 1.54) is 0 Å². The molecule has 0 amide bonds. The lowest BCUT2D eigenvalue weighted by atomic mass is 10.0. The van der Waals surface area contributed by atoms with E-state index in [9.17, 15) is 4.39 Å². The largest absolute Gasteiger partial charge is 0.376 e. The Labute approximate surface area is 79.4 Å². The molecule has 2 nitrogen and oxygen atoms in total. The Hall–Kier alpha value is -0.150. The predicted octanol–water partition coefficient (Wildman–Crippen LogP) is 2.17. The summed E-state index contributed by atoms with van der Waals surface area (Å²) in [5.41, 5.74) is 0. The molecular weight excluding hydrogens is 171 g/mol. The standard InChI is InChI=1S/C10H19FO2/c1-6(2)5-8-10(12-4)9(11)7(3)13-8/h6-10H,5H2,1-4H3/t7-,8+,9+,10+/m0/s1. The van der Waals surface area contributed by atoms with Crippen molar-refractivity contribution in [1.29, 1.82) is 0 Å². The number of hydrogen-bond acceptors (Lipinski definition) is 2. The summed E-state index contributed by atoms with van der Waals surface area (Å²) in [5, 5.41) is 0. The van der Waals surface area contributed by atoms with Gasteiger partial charge in [-0.2, -0.15) is 0 Å². The summed E-state index contributed by atoms with van der Waals surface area (Å²) in [6.45, 7) is 5.97. The Morgan fingerprint density at radius 3 is 2.54 bits per heavy atom. The summed E-state index contributed by atoms with van der Waals surface area (Å²) in [6, 6.07) is 0. The molecule has 0 aromatic carbocycles. The first kappa shape index (κ1) is 10.9. The number of alkyl halides is 1. The average molecular weight is 190 g/mol. The van der Waals surface area contributed by atoms with Crippen LogP contribution < -0.4 is 0 Å². The van der Waals surface area contributed by atoms with Crippen LogP contribution in [-0.4, -0.2) is 31.6 Å². The van der Waals surface area contributed by atoms with Crippen molar-refractivity contribution < 1.29 is 13.9 Å². The highest BCUT2D eigenvalue weighted by atomic mass is 19.1. The van der Waals surface area contributed by atoms with Gasteiger partial charge in [-0.05, 0) is 19.3 Å². The van der Waals surface area contributed by atoms with Gasteiger partial charge in [-0.3, -0.25) is 0 Å². The van der Waals surface area contributed by atoms with E-state index in [0.717, 1.165) is 6.42 Å². The van der Waals surface area contributed by atoms with Gasteiger partial charge in [-0.1, -0.05) is 13.8 Å². The normalized spacial score (nSPS) is 40.2. The van der Waals surface area contributed by atoms with Crippen molar-refractivity contribution >= 4 is 0 Å². The minimum atomic E-state index is -0.978. The highest BCUT2D eigenvalue weighted by Gasteiger charge is 2.42. The van der Waals surface area contributed by atoms with Crippen molar-refractivity contribution in [2.75, 3.05) is 7.11 Å². The van der Waals surface area contributed by atoms with Gasteiger partial charge in [0.2, 0.25) is 0 Å². The minimum absolute atomic E-state index is 0.0741. The van der Waals surface area contributed by atoms with Crippen LogP contribution in [-0.2, 0) is 9.47 Å². The highest BCUT2D eigenvalue weighted by molar-refractivity contribution is 4.90. The Kier molecular flexibility index (Phi) is 3.68. The first-order valence-electron chi connectivity index (χ1n) is 4.88. The maximum absolute atomic E-state index is 13.4. The molecule has 1 saturated heterocycles. The van der Waals surface area contributed by atoms with Gasteiger partial charge in [-0.25, -0.2) is 4.39 Å². The molecule has 0 bridgehead atoms. The Morgan fingerprint density at radius 2 is 2.08 bits per heavy atom. The predicted molar refractivity (Wildman–Crippen MR) is 49.5 cm³/mol. The van der Waals surface area contributed by atoms with Gasteiger partial charge in [0.15, 0.2) is 6.17 Å². The summed E-state index contributed by atoms with van der Waals surface area (Å²) in [7, 11) is 1.55.